The highest BCUT2D eigenvalue weighted by atomic mass is 32.2. The molecule has 0 amide bonds. The molecular weight excluding hydrogens is 272 g/mol. The molecule has 2 unspecified atom stereocenters. The molecular formula is C16H24O3S. The summed E-state index contributed by atoms with van der Waals surface area (Å²) in [5.41, 5.74) is 2.28. The third-order valence-corrected chi connectivity index (χ3v) is 6.10. The van der Waals surface area contributed by atoms with Crippen LogP contribution in [0.15, 0.2) is 24.3 Å². The minimum Gasteiger partial charge on any atom is -0.388 e. The van der Waals surface area contributed by atoms with Crippen LogP contribution in [0.5, 0.6) is 0 Å². The molecule has 2 rings (SSSR count). The van der Waals surface area contributed by atoms with E-state index in [0.717, 1.165) is 31.2 Å². The van der Waals surface area contributed by atoms with Crippen molar-refractivity contribution in [3.05, 3.63) is 35.4 Å². The number of rotatable bonds is 5. The fraction of sp³-hybridized carbons (Fsp3) is 0.625. The molecule has 0 radical (unpaired) electrons. The molecule has 0 heterocycles. The maximum atomic E-state index is 11.5. The summed E-state index contributed by atoms with van der Waals surface area (Å²) in [5, 5.41) is 10.5. The summed E-state index contributed by atoms with van der Waals surface area (Å²) in [6.45, 7) is 1.69. The van der Waals surface area contributed by atoms with Crippen LogP contribution >= 0.6 is 0 Å². The fourth-order valence-corrected chi connectivity index (χ4v) is 3.92. The first-order valence-corrected chi connectivity index (χ1v) is 9.32. The number of aliphatic hydroxyl groups excluding tert-OH is 1. The second-order valence-electron chi connectivity index (χ2n) is 5.67. The van der Waals surface area contributed by atoms with Gasteiger partial charge in [-0.25, -0.2) is 8.42 Å². The molecule has 2 atom stereocenters. The number of aliphatic hydroxyl groups is 1. The van der Waals surface area contributed by atoms with Gasteiger partial charge in [-0.15, -0.1) is 0 Å². The standard InChI is InChI=1S/C16H24O3S/c1-2-20(18,19)12-6-10-14-9-5-8-13-7-3-4-11-15(13)16(14)17/h3-4,7,11,14,16-17H,2,5-6,8-10,12H2,1H3. The van der Waals surface area contributed by atoms with Crippen LogP contribution in [0.2, 0.25) is 0 Å². The van der Waals surface area contributed by atoms with Crippen LogP contribution in [-0.2, 0) is 16.3 Å². The lowest BCUT2D eigenvalue weighted by molar-refractivity contribution is 0.0994. The maximum Gasteiger partial charge on any atom is 0.150 e. The first-order chi connectivity index (χ1) is 9.53. The van der Waals surface area contributed by atoms with Gasteiger partial charge >= 0.3 is 0 Å². The SMILES string of the molecule is CCS(=O)(=O)CCCC1CCCc2ccccc2C1O. The number of hydrogen-bond acceptors (Lipinski definition) is 3. The number of fused-ring (bicyclic) bond motifs is 1. The van der Waals surface area contributed by atoms with Gasteiger partial charge in [0.05, 0.1) is 11.9 Å². The van der Waals surface area contributed by atoms with Crippen molar-refractivity contribution in [3.8, 4) is 0 Å². The summed E-state index contributed by atoms with van der Waals surface area (Å²) < 4.78 is 23.1. The van der Waals surface area contributed by atoms with Gasteiger partial charge in [0.15, 0.2) is 0 Å². The van der Waals surface area contributed by atoms with Crippen LogP contribution in [0.3, 0.4) is 0 Å². The van der Waals surface area contributed by atoms with Crippen LogP contribution < -0.4 is 0 Å². The van der Waals surface area contributed by atoms with E-state index in [4.69, 9.17) is 0 Å². The molecule has 0 bridgehead atoms. The molecule has 1 aliphatic rings. The van der Waals surface area contributed by atoms with E-state index in [-0.39, 0.29) is 17.4 Å². The molecule has 1 N–H and O–H groups in total. The Kier molecular flexibility index (Phi) is 5.22. The number of benzene rings is 1. The smallest absolute Gasteiger partial charge is 0.150 e. The van der Waals surface area contributed by atoms with Gasteiger partial charge < -0.3 is 5.11 Å². The highest BCUT2D eigenvalue weighted by Gasteiger charge is 2.25. The zero-order valence-corrected chi connectivity index (χ0v) is 12.9. The van der Waals surface area contributed by atoms with Crippen LogP contribution in [-0.4, -0.2) is 25.0 Å². The number of sulfone groups is 1. The number of aryl methyl sites for hydroxylation is 1. The lowest BCUT2D eigenvalue weighted by Gasteiger charge is -2.21. The topological polar surface area (TPSA) is 54.4 Å². The van der Waals surface area contributed by atoms with E-state index in [2.05, 4.69) is 6.07 Å². The van der Waals surface area contributed by atoms with Crippen molar-refractivity contribution in [3.63, 3.8) is 0 Å². The molecule has 20 heavy (non-hydrogen) atoms. The fourth-order valence-electron chi connectivity index (χ4n) is 3.03. The molecule has 0 fully saturated rings. The second-order valence-corrected chi connectivity index (χ2v) is 8.15. The van der Waals surface area contributed by atoms with Crippen molar-refractivity contribution >= 4 is 9.84 Å². The average Bonchev–Trinajstić information content (AvgIpc) is 2.60. The zero-order valence-electron chi connectivity index (χ0n) is 12.1. The van der Waals surface area contributed by atoms with E-state index in [9.17, 15) is 13.5 Å². The van der Waals surface area contributed by atoms with Crippen LogP contribution in [0.4, 0.5) is 0 Å². The Balaban J connectivity index is 1.99. The van der Waals surface area contributed by atoms with Crippen LogP contribution in [0, 0.1) is 5.92 Å². The Labute approximate surface area is 121 Å². The van der Waals surface area contributed by atoms with Gasteiger partial charge in [0.2, 0.25) is 0 Å². The molecule has 0 saturated carbocycles. The van der Waals surface area contributed by atoms with E-state index in [1.54, 1.807) is 6.92 Å². The van der Waals surface area contributed by atoms with Crippen molar-refractivity contribution in [2.75, 3.05) is 11.5 Å². The molecule has 1 aliphatic carbocycles. The lowest BCUT2D eigenvalue weighted by atomic mass is 9.90. The highest BCUT2D eigenvalue weighted by Crippen LogP contribution is 2.35. The largest absolute Gasteiger partial charge is 0.388 e. The molecule has 0 saturated heterocycles. The summed E-state index contributed by atoms with van der Waals surface area (Å²) >= 11 is 0. The highest BCUT2D eigenvalue weighted by molar-refractivity contribution is 7.91. The Bertz CT molecular complexity index is 536. The Morgan fingerprint density at radius 3 is 2.80 bits per heavy atom. The predicted molar refractivity (Wildman–Crippen MR) is 81.4 cm³/mol. The summed E-state index contributed by atoms with van der Waals surface area (Å²) in [7, 11) is -2.89. The van der Waals surface area contributed by atoms with Crippen molar-refractivity contribution in [2.24, 2.45) is 5.92 Å². The molecule has 112 valence electrons. The predicted octanol–water partition coefficient (Wildman–Crippen LogP) is 2.89. The van der Waals surface area contributed by atoms with E-state index in [1.807, 2.05) is 18.2 Å². The Morgan fingerprint density at radius 1 is 1.30 bits per heavy atom. The molecule has 0 aromatic heterocycles. The lowest BCUT2D eigenvalue weighted by Crippen LogP contribution is -2.15. The summed E-state index contributed by atoms with van der Waals surface area (Å²) in [4.78, 5) is 0. The monoisotopic (exact) mass is 296 g/mol. The van der Waals surface area contributed by atoms with Gasteiger partial charge in [0, 0.05) is 5.75 Å². The van der Waals surface area contributed by atoms with E-state index < -0.39 is 15.9 Å². The van der Waals surface area contributed by atoms with Crippen molar-refractivity contribution in [2.45, 2.75) is 45.1 Å². The van der Waals surface area contributed by atoms with Gasteiger partial charge in [-0.05, 0) is 49.1 Å². The van der Waals surface area contributed by atoms with Crippen LogP contribution in [0.1, 0.15) is 49.8 Å². The molecule has 0 aliphatic heterocycles. The maximum absolute atomic E-state index is 11.5. The minimum atomic E-state index is -2.89. The molecule has 3 nitrogen and oxygen atoms in total. The van der Waals surface area contributed by atoms with Crippen LogP contribution in [0.25, 0.3) is 0 Å². The van der Waals surface area contributed by atoms with Gasteiger partial charge in [-0.3, -0.25) is 0 Å². The molecule has 0 spiro atoms. The second kappa shape index (κ2) is 6.72. The van der Waals surface area contributed by atoms with Gasteiger partial charge in [0.25, 0.3) is 0 Å². The quantitative estimate of drug-likeness (QED) is 0.850. The normalized spacial score (nSPS) is 23.1. The summed E-state index contributed by atoms with van der Waals surface area (Å²) in [6.07, 6.45) is 4.05. The third-order valence-electron chi connectivity index (χ3n) is 4.31. The van der Waals surface area contributed by atoms with Gasteiger partial charge in [-0.2, -0.15) is 0 Å². The minimum absolute atomic E-state index is 0.186. The first kappa shape index (κ1) is 15.5. The van der Waals surface area contributed by atoms with Gasteiger partial charge in [-0.1, -0.05) is 31.2 Å². The zero-order chi connectivity index (χ0) is 14.6. The summed E-state index contributed by atoms with van der Waals surface area (Å²) in [6, 6.07) is 8.06. The first-order valence-electron chi connectivity index (χ1n) is 7.50. The Hall–Kier alpha value is -0.870. The van der Waals surface area contributed by atoms with Crippen molar-refractivity contribution < 1.29 is 13.5 Å². The van der Waals surface area contributed by atoms with Crippen molar-refractivity contribution in [1.82, 2.24) is 0 Å². The van der Waals surface area contributed by atoms with Gasteiger partial charge in [0.1, 0.15) is 9.84 Å². The van der Waals surface area contributed by atoms with E-state index >= 15 is 0 Å². The Morgan fingerprint density at radius 2 is 2.05 bits per heavy atom. The van der Waals surface area contributed by atoms with E-state index in [1.165, 1.54) is 5.56 Å². The molecule has 4 heteroatoms. The van der Waals surface area contributed by atoms with E-state index in [0.29, 0.717) is 6.42 Å². The molecule has 1 aromatic rings. The van der Waals surface area contributed by atoms with Crippen molar-refractivity contribution in [1.29, 1.82) is 0 Å². The molecule has 1 aromatic carbocycles. The third kappa shape index (κ3) is 3.83. The summed E-state index contributed by atoms with van der Waals surface area (Å²) in [5.74, 6) is 0.642. The number of hydrogen-bond donors (Lipinski definition) is 1. The average molecular weight is 296 g/mol.